The van der Waals surface area contributed by atoms with Crippen LogP contribution in [0.25, 0.3) is 5.52 Å². The van der Waals surface area contributed by atoms with E-state index in [0.29, 0.717) is 24.1 Å². The quantitative estimate of drug-likeness (QED) is 0.338. The first-order chi connectivity index (χ1) is 18.3. The number of hydrogen-bond donors (Lipinski definition) is 3. The number of aromatic hydroxyl groups is 1. The van der Waals surface area contributed by atoms with Gasteiger partial charge in [0.05, 0.1) is 6.04 Å². The average molecular weight is 513 g/mol. The third-order valence-corrected chi connectivity index (χ3v) is 7.02. The minimum absolute atomic E-state index is 0.0993. The monoisotopic (exact) mass is 512 g/mol. The Hall–Kier alpha value is -4.43. The number of nitrogens with zero attached hydrogens (tertiary/aromatic N) is 8. The fourth-order valence-electron chi connectivity index (χ4n) is 4.90. The smallest absolute Gasteiger partial charge is 0.174 e. The summed E-state index contributed by atoms with van der Waals surface area (Å²) in [6.45, 7) is 10.2. The molecule has 1 unspecified atom stereocenters. The van der Waals surface area contributed by atoms with Crippen LogP contribution in [0.1, 0.15) is 42.4 Å². The molecule has 4 N–H and O–H groups in total. The van der Waals surface area contributed by atoms with Crippen molar-refractivity contribution < 1.29 is 5.11 Å². The van der Waals surface area contributed by atoms with E-state index in [1.54, 1.807) is 18.2 Å². The number of anilines is 3. The van der Waals surface area contributed by atoms with E-state index in [4.69, 9.17) is 15.8 Å². The topological polar surface area (TPSA) is 145 Å². The Morgan fingerprint density at radius 2 is 1.95 bits per heavy atom. The lowest BCUT2D eigenvalue weighted by Gasteiger charge is -2.38. The predicted octanol–water partition coefficient (Wildman–Crippen LogP) is 2.91. The van der Waals surface area contributed by atoms with Crippen LogP contribution in [0.5, 0.6) is 5.75 Å². The molecule has 0 saturated carbocycles. The average Bonchev–Trinajstić information content (AvgIpc) is 3.28. The van der Waals surface area contributed by atoms with Crippen LogP contribution in [-0.2, 0) is 6.42 Å². The summed E-state index contributed by atoms with van der Waals surface area (Å²) >= 11 is 0. The van der Waals surface area contributed by atoms with Gasteiger partial charge in [-0.05, 0) is 50.1 Å². The molecule has 1 saturated heterocycles. The van der Waals surface area contributed by atoms with Crippen LogP contribution in [0.2, 0.25) is 0 Å². The SMILES string of the molecule is Cc1ccn2nc(C(Cc3cccc(O)c3)Nc3ncnc(N)c3C#N)nc(N3CCN(C(C)C)CC3)c12. The fraction of sp³-hybridized carbons (Fsp3) is 0.370. The molecular formula is C27H32N10O. The van der Waals surface area contributed by atoms with Gasteiger partial charge in [0, 0.05) is 44.8 Å². The van der Waals surface area contributed by atoms with Crippen LogP contribution < -0.4 is 16.0 Å². The van der Waals surface area contributed by atoms with Crippen molar-refractivity contribution in [2.45, 2.75) is 39.3 Å². The molecule has 11 nitrogen and oxygen atoms in total. The highest BCUT2D eigenvalue weighted by Gasteiger charge is 2.26. The molecule has 0 aliphatic carbocycles. The van der Waals surface area contributed by atoms with Crippen molar-refractivity contribution >= 4 is 23.0 Å². The van der Waals surface area contributed by atoms with Gasteiger partial charge < -0.3 is 21.1 Å². The zero-order valence-electron chi connectivity index (χ0n) is 21.8. The maximum Gasteiger partial charge on any atom is 0.174 e. The van der Waals surface area contributed by atoms with Crippen molar-refractivity contribution in [1.29, 1.82) is 5.26 Å². The number of aryl methyl sites for hydroxylation is 1. The molecule has 4 heterocycles. The number of rotatable bonds is 7. The van der Waals surface area contributed by atoms with Crippen LogP contribution in [0.3, 0.4) is 0 Å². The maximum absolute atomic E-state index is 10.1. The largest absolute Gasteiger partial charge is 0.508 e. The van der Waals surface area contributed by atoms with E-state index in [1.165, 1.54) is 6.33 Å². The summed E-state index contributed by atoms with van der Waals surface area (Å²) in [5.41, 5.74) is 9.08. The van der Waals surface area contributed by atoms with Crippen LogP contribution in [0, 0.1) is 18.3 Å². The molecular weight excluding hydrogens is 480 g/mol. The van der Waals surface area contributed by atoms with E-state index in [2.05, 4.69) is 51.9 Å². The van der Waals surface area contributed by atoms with E-state index < -0.39 is 6.04 Å². The van der Waals surface area contributed by atoms with E-state index in [9.17, 15) is 10.4 Å². The number of hydrogen-bond acceptors (Lipinski definition) is 10. The van der Waals surface area contributed by atoms with Gasteiger partial charge in [-0.2, -0.15) is 10.4 Å². The molecule has 4 aromatic rings. The van der Waals surface area contributed by atoms with Gasteiger partial charge in [-0.3, -0.25) is 4.90 Å². The first-order valence-corrected chi connectivity index (χ1v) is 12.7. The van der Waals surface area contributed by atoms with Crippen molar-refractivity contribution in [2.24, 2.45) is 0 Å². The number of nitrogen functional groups attached to an aromatic ring is 1. The molecule has 3 aromatic heterocycles. The van der Waals surface area contributed by atoms with Gasteiger partial charge in [0.1, 0.15) is 40.9 Å². The molecule has 0 amide bonds. The van der Waals surface area contributed by atoms with Crippen LogP contribution in [-0.4, -0.2) is 66.8 Å². The van der Waals surface area contributed by atoms with Crippen LogP contribution in [0.4, 0.5) is 17.5 Å². The first kappa shape index (κ1) is 25.2. The van der Waals surface area contributed by atoms with E-state index in [1.807, 2.05) is 22.8 Å². The van der Waals surface area contributed by atoms with Crippen molar-refractivity contribution in [1.82, 2.24) is 29.5 Å². The summed E-state index contributed by atoms with van der Waals surface area (Å²) in [6, 6.07) is 11.2. The van der Waals surface area contributed by atoms with Gasteiger partial charge in [0.15, 0.2) is 11.6 Å². The normalized spacial score (nSPS) is 15.1. The second-order valence-corrected chi connectivity index (χ2v) is 9.87. The Labute approximate surface area is 221 Å². The van der Waals surface area contributed by atoms with Crippen molar-refractivity contribution in [2.75, 3.05) is 42.1 Å². The summed E-state index contributed by atoms with van der Waals surface area (Å²) in [6.07, 6.45) is 3.71. The van der Waals surface area contributed by atoms with Gasteiger partial charge in [0.2, 0.25) is 0 Å². The fourth-order valence-corrected chi connectivity index (χ4v) is 4.90. The highest BCUT2D eigenvalue weighted by Crippen LogP contribution is 2.30. The third kappa shape index (κ3) is 5.03. The number of phenolic OH excluding ortho intramolecular Hbond substituents is 1. The molecule has 38 heavy (non-hydrogen) atoms. The number of fused-ring (bicyclic) bond motifs is 1. The maximum atomic E-state index is 10.1. The Morgan fingerprint density at radius 3 is 2.66 bits per heavy atom. The standard InChI is InChI=1S/C27H32N10O/c1-17(2)35-9-11-36(12-10-35)27-23-18(3)7-8-37(23)34-26(33-27)22(14-19-5-4-6-20(38)13-19)32-25-21(15-28)24(29)30-16-31-25/h4-8,13,16-17,22,38H,9-12,14H2,1-3H3,(H3,29,30,31,32). The molecule has 1 aliphatic rings. The lowest BCUT2D eigenvalue weighted by Crippen LogP contribution is -2.49. The number of phenols is 1. The molecule has 1 fully saturated rings. The Kier molecular flexibility index (Phi) is 6.98. The summed E-state index contributed by atoms with van der Waals surface area (Å²) in [7, 11) is 0. The number of nitrogens with one attached hydrogen (secondary N) is 1. The molecule has 1 aliphatic heterocycles. The Balaban J connectivity index is 1.58. The first-order valence-electron chi connectivity index (χ1n) is 12.7. The van der Waals surface area contributed by atoms with Crippen molar-refractivity contribution in [3.63, 3.8) is 0 Å². The van der Waals surface area contributed by atoms with Crippen molar-refractivity contribution in [3.8, 4) is 11.8 Å². The summed E-state index contributed by atoms with van der Waals surface area (Å²) in [5.74, 6) is 2.00. The van der Waals surface area contributed by atoms with Gasteiger partial charge in [-0.15, -0.1) is 0 Å². The zero-order chi connectivity index (χ0) is 26.8. The molecule has 5 rings (SSSR count). The number of aromatic nitrogens is 5. The molecule has 0 bridgehead atoms. The summed E-state index contributed by atoms with van der Waals surface area (Å²) in [5, 5.41) is 28.0. The Bertz CT molecular complexity index is 1480. The lowest BCUT2D eigenvalue weighted by molar-refractivity contribution is 0.209. The van der Waals surface area contributed by atoms with Gasteiger partial charge in [-0.25, -0.2) is 19.5 Å². The van der Waals surface area contributed by atoms with E-state index >= 15 is 0 Å². The number of nitrogens with two attached hydrogens (primary N) is 1. The molecule has 0 radical (unpaired) electrons. The lowest BCUT2D eigenvalue weighted by atomic mass is 10.0. The predicted molar refractivity (Wildman–Crippen MR) is 146 cm³/mol. The summed E-state index contributed by atoms with van der Waals surface area (Å²) < 4.78 is 1.87. The molecule has 196 valence electrons. The zero-order valence-corrected chi connectivity index (χ0v) is 21.8. The highest BCUT2D eigenvalue weighted by molar-refractivity contribution is 5.73. The van der Waals surface area contributed by atoms with E-state index in [0.717, 1.165) is 48.6 Å². The van der Waals surface area contributed by atoms with Gasteiger partial charge >= 0.3 is 0 Å². The number of benzene rings is 1. The number of nitriles is 1. The second-order valence-electron chi connectivity index (χ2n) is 9.87. The molecule has 1 aromatic carbocycles. The molecule has 1 atom stereocenters. The van der Waals surface area contributed by atoms with Crippen LogP contribution >= 0.6 is 0 Å². The van der Waals surface area contributed by atoms with Gasteiger partial charge in [0.25, 0.3) is 0 Å². The molecule has 11 heteroatoms. The minimum atomic E-state index is -0.471. The number of piperazine rings is 1. The van der Waals surface area contributed by atoms with Crippen LogP contribution in [0.15, 0.2) is 42.9 Å². The van der Waals surface area contributed by atoms with Crippen molar-refractivity contribution in [3.05, 3.63) is 65.4 Å². The van der Waals surface area contributed by atoms with Gasteiger partial charge in [-0.1, -0.05) is 12.1 Å². The summed E-state index contributed by atoms with van der Waals surface area (Å²) in [4.78, 5) is 18.1. The highest BCUT2D eigenvalue weighted by atomic mass is 16.3. The minimum Gasteiger partial charge on any atom is -0.508 e. The van der Waals surface area contributed by atoms with E-state index in [-0.39, 0.29) is 17.1 Å². The Morgan fingerprint density at radius 1 is 1.16 bits per heavy atom. The third-order valence-electron chi connectivity index (χ3n) is 7.02. The second kappa shape index (κ2) is 10.5. The molecule has 0 spiro atoms.